The first-order chi connectivity index (χ1) is 13.0. The lowest BCUT2D eigenvalue weighted by Crippen LogP contribution is -2.27. The van der Waals surface area contributed by atoms with Crippen LogP contribution in [0.2, 0.25) is 5.02 Å². The van der Waals surface area contributed by atoms with E-state index in [9.17, 15) is 9.18 Å². The van der Waals surface area contributed by atoms with Crippen LogP contribution in [0.4, 0.5) is 4.39 Å². The molecule has 1 unspecified atom stereocenters. The Morgan fingerprint density at radius 1 is 1.11 bits per heavy atom. The van der Waals surface area contributed by atoms with Crippen LogP contribution in [0.15, 0.2) is 65.1 Å². The molecular weight excluding hydrogens is 369 g/mol. The van der Waals surface area contributed by atoms with E-state index in [1.807, 2.05) is 6.92 Å². The van der Waals surface area contributed by atoms with Gasteiger partial charge in [0.1, 0.15) is 23.9 Å². The second-order valence-corrected chi connectivity index (χ2v) is 6.61. The Labute approximate surface area is 161 Å². The number of nitrogens with one attached hydrogen (secondary N) is 1. The van der Waals surface area contributed by atoms with Gasteiger partial charge in [-0.25, -0.2) is 4.39 Å². The molecule has 1 atom stereocenters. The second kappa shape index (κ2) is 8.73. The Morgan fingerprint density at radius 2 is 1.81 bits per heavy atom. The highest BCUT2D eigenvalue weighted by molar-refractivity contribution is 6.30. The predicted molar refractivity (Wildman–Crippen MR) is 102 cm³/mol. The number of furan rings is 1. The number of benzene rings is 2. The molecule has 2 aromatic carbocycles. The SMILES string of the molecule is CC(CNC(=O)c1ccc(COc2ccc(Cl)cc2)o1)c1ccc(F)cc1. The quantitative estimate of drug-likeness (QED) is 0.607. The van der Waals surface area contributed by atoms with Gasteiger partial charge in [0.15, 0.2) is 5.76 Å². The standard InChI is InChI=1S/C21H19ClFNO3/c1-14(15-2-6-17(23)7-3-15)12-24-21(25)20-11-10-19(27-20)13-26-18-8-4-16(22)5-9-18/h2-11,14H,12-13H2,1H3,(H,24,25). The van der Waals surface area contributed by atoms with E-state index >= 15 is 0 Å². The summed E-state index contributed by atoms with van der Waals surface area (Å²) in [7, 11) is 0. The van der Waals surface area contributed by atoms with Gasteiger partial charge in [-0.2, -0.15) is 0 Å². The summed E-state index contributed by atoms with van der Waals surface area (Å²) >= 11 is 5.83. The summed E-state index contributed by atoms with van der Waals surface area (Å²) in [5.41, 5.74) is 0.952. The van der Waals surface area contributed by atoms with Gasteiger partial charge < -0.3 is 14.5 Å². The third kappa shape index (κ3) is 5.34. The number of hydrogen-bond donors (Lipinski definition) is 1. The number of ether oxygens (including phenoxy) is 1. The van der Waals surface area contributed by atoms with Crippen LogP contribution in [0.1, 0.15) is 34.7 Å². The molecule has 3 rings (SSSR count). The van der Waals surface area contributed by atoms with Crippen LogP contribution >= 0.6 is 11.6 Å². The molecule has 1 amide bonds. The van der Waals surface area contributed by atoms with Crippen LogP contribution in [-0.4, -0.2) is 12.5 Å². The smallest absolute Gasteiger partial charge is 0.287 e. The summed E-state index contributed by atoms with van der Waals surface area (Å²) in [6.07, 6.45) is 0. The summed E-state index contributed by atoms with van der Waals surface area (Å²) < 4.78 is 24.1. The first-order valence-electron chi connectivity index (χ1n) is 8.52. The molecule has 6 heteroatoms. The fourth-order valence-electron chi connectivity index (χ4n) is 2.50. The molecule has 4 nitrogen and oxygen atoms in total. The zero-order valence-corrected chi connectivity index (χ0v) is 15.5. The Kier molecular flexibility index (Phi) is 6.14. The van der Waals surface area contributed by atoms with Gasteiger partial charge in [-0.3, -0.25) is 4.79 Å². The van der Waals surface area contributed by atoms with Gasteiger partial charge in [-0.05, 0) is 60.0 Å². The van der Waals surface area contributed by atoms with Crippen molar-refractivity contribution in [1.29, 1.82) is 0 Å². The molecule has 0 aliphatic carbocycles. The van der Waals surface area contributed by atoms with Crippen LogP contribution in [0.25, 0.3) is 0 Å². The summed E-state index contributed by atoms with van der Waals surface area (Å²) in [5, 5.41) is 3.46. The van der Waals surface area contributed by atoms with Gasteiger partial charge in [0, 0.05) is 11.6 Å². The van der Waals surface area contributed by atoms with E-state index in [0.29, 0.717) is 23.1 Å². The topological polar surface area (TPSA) is 51.5 Å². The van der Waals surface area contributed by atoms with Gasteiger partial charge in [-0.15, -0.1) is 0 Å². The minimum absolute atomic E-state index is 0.0530. The van der Waals surface area contributed by atoms with E-state index in [1.165, 1.54) is 12.1 Å². The second-order valence-electron chi connectivity index (χ2n) is 6.17. The van der Waals surface area contributed by atoms with E-state index in [-0.39, 0.29) is 30.0 Å². The number of carbonyl (C=O) groups excluding carboxylic acids is 1. The predicted octanol–water partition coefficient (Wildman–Crippen LogP) is 5.18. The number of carbonyl (C=O) groups is 1. The molecule has 0 radical (unpaired) electrons. The Morgan fingerprint density at radius 3 is 2.52 bits per heavy atom. The highest BCUT2D eigenvalue weighted by atomic mass is 35.5. The fourth-order valence-corrected chi connectivity index (χ4v) is 2.63. The van der Waals surface area contributed by atoms with Gasteiger partial charge in [0.2, 0.25) is 0 Å². The molecule has 140 valence electrons. The minimum Gasteiger partial charge on any atom is -0.486 e. The van der Waals surface area contributed by atoms with Crippen molar-refractivity contribution in [3.05, 3.63) is 88.6 Å². The van der Waals surface area contributed by atoms with Crippen LogP contribution < -0.4 is 10.1 Å². The molecule has 0 aliphatic rings. The van der Waals surface area contributed by atoms with Crippen LogP contribution in [-0.2, 0) is 6.61 Å². The van der Waals surface area contributed by atoms with E-state index in [4.69, 9.17) is 20.8 Å². The normalized spacial score (nSPS) is 11.8. The van der Waals surface area contributed by atoms with Crippen molar-refractivity contribution in [2.24, 2.45) is 0 Å². The molecule has 0 fully saturated rings. The van der Waals surface area contributed by atoms with Gasteiger partial charge in [0.05, 0.1) is 0 Å². The average Bonchev–Trinajstić information content (AvgIpc) is 3.15. The van der Waals surface area contributed by atoms with Crippen molar-refractivity contribution in [1.82, 2.24) is 5.32 Å². The summed E-state index contributed by atoms with van der Waals surface area (Å²) in [6, 6.07) is 16.6. The zero-order chi connectivity index (χ0) is 19.2. The lowest BCUT2D eigenvalue weighted by atomic mass is 10.0. The molecule has 0 aliphatic heterocycles. The average molecular weight is 388 g/mol. The lowest BCUT2D eigenvalue weighted by molar-refractivity contribution is 0.0920. The van der Waals surface area contributed by atoms with Crippen molar-refractivity contribution < 1.29 is 18.3 Å². The van der Waals surface area contributed by atoms with Crippen LogP contribution in [0.5, 0.6) is 5.75 Å². The van der Waals surface area contributed by atoms with E-state index in [1.54, 1.807) is 48.5 Å². The summed E-state index contributed by atoms with van der Waals surface area (Å²) in [4.78, 5) is 12.2. The first kappa shape index (κ1) is 19.0. The molecule has 1 aromatic heterocycles. The maximum Gasteiger partial charge on any atom is 0.287 e. The largest absolute Gasteiger partial charge is 0.486 e. The Hall–Kier alpha value is -2.79. The van der Waals surface area contributed by atoms with Crippen molar-refractivity contribution in [2.75, 3.05) is 6.54 Å². The summed E-state index contributed by atoms with van der Waals surface area (Å²) in [5.74, 6) is 0.894. The Balaban J connectivity index is 1.50. The monoisotopic (exact) mass is 387 g/mol. The van der Waals surface area contributed by atoms with E-state index in [2.05, 4.69) is 5.32 Å². The maximum absolute atomic E-state index is 13.0. The number of amides is 1. The zero-order valence-electron chi connectivity index (χ0n) is 14.7. The van der Waals surface area contributed by atoms with Crippen molar-refractivity contribution in [2.45, 2.75) is 19.4 Å². The molecule has 0 spiro atoms. The van der Waals surface area contributed by atoms with Crippen LogP contribution in [0, 0.1) is 5.82 Å². The van der Waals surface area contributed by atoms with Gasteiger partial charge in [-0.1, -0.05) is 30.7 Å². The fraction of sp³-hybridized carbons (Fsp3) is 0.190. The molecule has 0 saturated carbocycles. The van der Waals surface area contributed by atoms with Gasteiger partial charge >= 0.3 is 0 Å². The molecule has 27 heavy (non-hydrogen) atoms. The number of rotatable bonds is 7. The first-order valence-corrected chi connectivity index (χ1v) is 8.90. The van der Waals surface area contributed by atoms with Crippen molar-refractivity contribution >= 4 is 17.5 Å². The van der Waals surface area contributed by atoms with E-state index < -0.39 is 0 Å². The Bertz CT molecular complexity index is 891. The molecule has 1 N–H and O–H groups in total. The molecule has 1 heterocycles. The molecular formula is C21H19ClFNO3. The van der Waals surface area contributed by atoms with E-state index in [0.717, 1.165) is 5.56 Å². The molecule has 0 saturated heterocycles. The summed E-state index contributed by atoms with van der Waals surface area (Å²) in [6.45, 7) is 2.59. The third-order valence-electron chi connectivity index (χ3n) is 4.09. The maximum atomic E-state index is 13.0. The third-order valence-corrected chi connectivity index (χ3v) is 4.34. The van der Waals surface area contributed by atoms with Gasteiger partial charge in [0.25, 0.3) is 5.91 Å². The highest BCUT2D eigenvalue weighted by Gasteiger charge is 2.13. The molecule has 3 aromatic rings. The lowest BCUT2D eigenvalue weighted by Gasteiger charge is -2.12. The number of halogens is 2. The number of hydrogen-bond acceptors (Lipinski definition) is 3. The van der Waals surface area contributed by atoms with Crippen LogP contribution in [0.3, 0.4) is 0 Å². The molecule has 0 bridgehead atoms. The van der Waals surface area contributed by atoms with Crippen molar-refractivity contribution in [3.8, 4) is 5.75 Å². The van der Waals surface area contributed by atoms with Crippen molar-refractivity contribution in [3.63, 3.8) is 0 Å². The minimum atomic E-state index is -0.304. The highest BCUT2D eigenvalue weighted by Crippen LogP contribution is 2.18.